The molecule has 3 heteroatoms. The highest BCUT2D eigenvalue weighted by atomic mass is 16.5. The maximum atomic E-state index is 11.5. The van der Waals surface area contributed by atoms with E-state index in [0.717, 1.165) is 39.1 Å². The van der Waals surface area contributed by atoms with Crippen molar-refractivity contribution in [1.82, 2.24) is 4.90 Å². The lowest BCUT2D eigenvalue weighted by molar-refractivity contribution is -0.120. The average molecular weight is 253 g/mol. The summed E-state index contributed by atoms with van der Waals surface area (Å²) in [6, 6.07) is 0. The van der Waals surface area contributed by atoms with Crippen LogP contribution in [-0.4, -0.2) is 43.5 Å². The molecule has 0 radical (unpaired) electrons. The van der Waals surface area contributed by atoms with E-state index in [-0.39, 0.29) is 5.41 Å². The normalized spacial score (nSPS) is 29.1. The molecule has 0 aromatic rings. The smallest absolute Gasteiger partial charge is 0.127 e. The molecule has 2 rings (SSSR count). The summed E-state index contributed by atoms with van der Waals surface area (Å²) in [6.45, 7) is 5.98. The number of hydrogen-bond acceptors (Lipinski definition) is 3. The second-order valence-electron chi connectivity index (χ2n) is 6.00. The van der Waals surface area contributed by atoms with Crippen LogP contribution in [0.3, 0.4) is 0 Å². The van der Waals surface area contributed by atoms with Crippen LogP contribution >= 0.6 is 0 Å². The monoisotopic (exact) mass is 253 g/mol. The van der Waals surface area contributed by atoms with E-state index in [9.17, 15) is 4.79 Å². The van der Waals surface area contributed by atoms with Crippen molar-refractivity contribution in [3.63, 3.8) is 0 Å². The fourth-order valence-corrected chi connectivity index (χ4v) is 3.54. The van der Waals surface area contributed by atoms with Crippen molar-refractivity contribution in [2.45, 2.75) is 58.0 Å². The van der Waals surface area contributed by atoms with Gasteiger partial charge in [-0.1, -0.05) is 19.3 Å². The number of aldehydes is 1. The summed E-state index contributed by atoms with van der Waals surface area (Å²) < 4.78 is 5.74. The van der Waals surface area contributed by atoms with Gasteiger partial charge in [0.15, 0.2) is 0 Å². The molecule has 0 aromatic carbocycles. The zero-order valence-electron chi connectivity index (χ0n) is 11.7. The number of carbonyl (C=O) groups excluding carboxylic acids is 1. The first-order chi connectivity index (χ1) is 8.78. The number of ether oxygens (including phenoxy) is 1. The van der Waals surface area contributed by atoms with Crippen LogP contribution in [0.25, 0.3) is 0 Å². The third-order valence-corrected chi connectivity index (χ3v) is 4.50. The number of hydrogen-bond donors (Lipinski definition) is 0. The Morgan fingerprint density at radius 3 is 2.72 bits per heavy atom. The van der Waals surface area contributed by atoms with Crippen LogP contribution in [0.5, 0.6) is 0 Å². The van der Waals surface area contributed by atoms with E-state index in [2.05, 4.69) is 11.8 Å². The lowest BCUT2D eigenvalue weighted by atomic mass is 9.74. The Hall–Kier alpha value is -0.410. The largest absolute Gasteiger partial charge is 0.377 e. The highest BCUT2D eigenvalue weighted by molar-refractivity contribution is 5.60. The van der Waals surface area contributed by atoms with E-state index in [1.807, 2.05) is 0 Å². The third-order valence-electron chi connectivity index (χ3n) is 4.50. The Morgan fingerprint density at radius 2 is 2.06 bits per heavy atom. The molecule has 0 spiro atoms. The standard InChI is InChI=1S/C15H27NO2/c1-2-18-14-7-6-10-16(11-14)12-15(13-17)8-4-3-5-9-15/h13-14H,2-12H2,1H3. The molecular formula is C15H27NO2. The van der Waals surface area contributed by atoms with E-state index in [1.165, 1.54) is 38.4 Å². The lowest BCUT2D eigenvalue weighted by Crippen LogP contribution is -2.46. The average Bonchev–Trinajstić information content (AvgIpc) is 2.41. The highest BCUT2D eigenvalue weighted by Gasteiger charge is 2.35. The van der Waals surface area contributed by atoms with E-state index in [4.69, 9.17) is 4.74 Å². The van der Waals surface area contributed by atoms with Gasteiger partial charge in [-0.2, -0.15) is 0 Å². The molecule has 2 aliphatic rings. The molecule has 1 saturated heterocycles. The van der Waals surface area contributed by atoms with E-state index < -0.39 is 0 Å². The fraction of sp³-hybridized carbons (Fsp3) is 0.933. The Labute approximate surface area is 111 Å². The van der Waals surface area contributed by atoms with Crippen LogP contribution in [0.2, 0.25) is 0 Å². The molecule has 1 heterocycles. The molecule has 0 aromatic heterocycles. The second-order valence-corrected chi connectivity index (χ2v) is 6.00. The minimum Gasteiger partial charge on any atom is -0.377 e. The summed E-state index contributed by atoms with van der Waals surface area (Å²) in [5, 5.41) is 0. The molecule has 0 N–H and O–H groups in total. The number of carbonyl (C=O) groups is 1. The molecule has 0 amide bonds. The molecule has 1 unspecified atom stereocenters. The van der Waals surface area contributed by atoms with Crippen LogP contribution in [0.4, 0.5) is 0 Å². The fourth-order valence-electron chi connectivity index (χ4n) is 3.54. The summed E-state index contributed by atoms with van der Waals surface area (Å²) >= 11 is 0. The molecule has 1 aliphatic carbocycles. The van der Waals surface area contributed by atoms with Gasteiger partial charge in [-0.05, 0) is 39.2 Å². The molecule has 0 bridgehead atoms. The summed E-state index contributed by atoms with van der Waals surface area (Å²) in [4.78, 5) is 14.0. The van der Waals surface area contributed by atoms with E-state index in [1.54, 1.807) is 0 Å². The molecular weight excluding hydrogens is 226 g/mol. The summed E-state index contributed by atoms with van der Waals surface area (Å²) in [5.41, 5.74) is -0.0493. The quantitative estimate of drug-likeness (QED) is 0.705. The molecule has 1 atom stereocenters. The van der Waals surface area contributed by atoms with Crippen LogP contribution in [0.1, 0.15) is 51.9 Å². The first-order valence-corrected chi connectivity index (χ1v) is 7.58. The summed E-state index contributed by atoms with van der Waals surface area (Å²) in [5.74, 6) is 0. The molecule has 1 aliphatic heterocycles. The molecule has 18 heavy (non-hydrogen) atoms. The number of nitrogens with zero attached hydrogens (tertiary/aromatic N) is 1. The van der Waals surface area contributed by atoms with Crippen LogP contribution in [0.15, 0.2) is 0 Å². The van der Waals surface area contributed by atoms with Gasteiger partial charge in [0.2, 0.25) is 0 Å². The first kappa shape index (κ1) is 14.0. The zero-order chi connectivity index (χ0) is 12.8. The van der Waals surface area contributed by atoms with Crippen LogP contribution < -0.4 is 0 Å². The topological polar surface area (TPSA) is 29.5 Å². The minimum atomic E-state index is -0.0493. The Balaban J connectivity index is 1.88. The Morgan fingerprint density at radius 1 is 1.28 bits per heavy atom. The SMILES string of the molecule is CCOC1CCCN(CC2(C=O)CCCCC2)C1. The van der Waals surface area contributed by atoms with E-state index in [0.29, 0.717) is 6.10 Å². The molecule has 104 valence electrons. The van der Waals surface area contributed by atoms with Crippen molar-refractivity contribution in [2.75, 3.05) is 26.2 Å². The number of rotatable bonds is 5. The van der Waals surface area contributed by atoms with Crippen LogP contribution in [-0.2, 0) is 9.53 Å². The Bertz CT molecular complexity index is 259. The molecule has 3 nitrogen and oxygen atoms in total. The van der Waals surface area contributed by atoms with Gasteiger partial charge < -0.3 is 9.53 Å². The van der Waals surface area contributed by atoms with E-state index >= 15 is 0 Å². The van der Waals surface area contributed by atoms with Crippen molar-refractivity contribution in [2.24, 2.45) is 5.41 Å². The van der Waals surface area contributed by atoms with Gasteiger partial charge in [-0.3, -0.25) is 4.90 Å². The van der Waals surface area contributed by atoms with Crippen molar-refractivity contribution < 1.29 is 9.53 Å². The van der Waals surface area contributed by atoms with Gasteiger partial charge in [0, 0.05) is 25.1 Å². The minimum absolute atomic E-state index is 0.0493. The van der Waals surface area contributed by atoms with Crippen molar-refractivity contribution >= 4 is 6.29 Å². The van der Waals surface area contributed by atoms with Crippen molar-refractivity contribution in [3.8, 4) is 0 Å². The van der Waals surface area contributed by atoms with Gasteiger partial charge in [-0.15, -0.1) is 0 Å². The summed E-state index contributed by atoms with van der Waals surface area (Å²) in [7, 11) is 0. The Kier molecular flexibility index (Phi) is 5.19. The van der Waals surface area contributed by atoms with Gasteiger partial charge in [0.25, 0.3) is 0 Å². The number of piperidine rings is 1. The first-order valence-electron chi connectivity index (χ1n) is 7.58. The van der Waals surface area contributed by atoms with Crippen molar-refractivity contribution in [1.29, 1.82) is 0 Å². The van der Waals surface area contributed by atoms with Gasteiger partial charge in [0.05, 0.1) is 6.10 Å². The summed E-state index contributed by atoms with van der Waals surface area (Å²) in [6.07, 6.45) is 9.95. The highest BCUT2D eigenvalue weighted by Crippen LogP contribution is 2.35. The predicted molar refractivity (Wildman–Crippen MR) is 72.7 cm³/mol. The maximum absolute atomic E-state index is 11.5. The zero-order valence-corrected chi connectivity index (χ0v) is 11.7. The van der Waals surface area contributed by atoms with Gasteiger partial charge in [0.1, 0.15) is 6.29 Å². The van der Waals surface area contributed by atoms with Crippen LogP contribution in [0, 0.1) is 5.41 Å². The molecule has 1 saturated carbocycles. The lowest BCUT2D eigenvalue weighted by Gasteiger charge is -2.40. The van der Waals surface area contributed by atoms with Crippen molar-refractivity contribution in [3.05, 3.63) is 0 Å². The molecule has 2 fully saturated rings. The van der Waals surface area contributed by atoms with Gasteiger partial charge >= 0.3 is 0 Å². The van der Waals surface area contributed by atoms with Gasteiger partial charge in [-0.25, -0.2) is 0 Å². The second kappa shape index (κ2) is 6.67. The number of likely N-dealkylation sites (tertiary alicyclic amines) is 1. The predicted octanol–water partition coefficient (Wildman–Crippen LogP) is 2.64. The maximum Gasteiger partial charge on any atom is 0.127 e. The third kappa shape index (κ3) is 3.55.